The van der Waals surface area contributed by atoms with Gasteiger partial charge < -0.3 is 5.32 Å². The second-order valence-corrected chi connectivity index (χ2v) is 7.00. The summed E-state index contributed by atoms with van der Waals surface area (Å²) >= 11 is 7.95. The third-order valence-electron chi connectivity index (χ3n) is 2.53. The highest BCUT2D eigenvalue weighted by atomic mass is 127. The fourth-order valence-electron chi connectivity index (χ4n) is 1.59. The predicted octanol–water partition coefficient (Wildman–Crippen LogP) is 4.21. The van der Waals surface area contributed by atoms with E-state index < -0.39 is 32.3 Å². The first-order valence-electron chi connectivity index (χ1n) is 5.37. The lowest BCUT2D eigenvalue weighted by Gasteiger charge is -2.13. The molecule has 0 bridgehead atoms. The molecule has 0 amide bonds. The number of hydrogen-bond acceptors (Lipinski definition) is 3. The maximum Gasteiger partial charge on any atom is 0.296 e. The molecule has 0 radical (unpaired) electrons. The lowest BCUT2D eigenvalue weighted by molar-refractivity contribution is 0.478. The zero-order valence-electron chi connectivity index (χ0n) is 10.1. The Bertz CT molecular complexity index is 814. The molecular formula is C12H7ClF2INO3S. The van der Waals surface area contributed by atoms with Crippen LogP contribution in [0.3, 0.4) is 0 Å². The van der Waals surface area contributed by atoms with E-state index >= 15 is 0 Å². The van der Waals surface area contributed by atoms with Crippen LogP contribution in [0.1, 0.15) is 0 Å². The average molecular weight is 446 g/mol. The number of hydrogen-bond donors (Lipinski definition) is 2. The Hall–Kier alpha value is -0.970. The first kappa shape index (κ1) is 16.4. The minimum Gasteiger partial charge on any atom is -0.351 e. The summed E-state index contributed by atoms with van der Waals surface area (Å²) in [6, 6.07) is 6.03. The van der Waals surface area contributed by atoms with Crippen molar-refractivity contribution in [1.29, 1.82) is 0 Å². The minimum atomic E-state index is -4.73. The summed E-state index contributed by atoms with van der Waals surface area (Å²) in [6.07, 6.45) is 0. The minimum absolute atomic E-state index is 0.173. The van der Waals surface area contributed by atoms with E-state index in [9.17, 15) is 17.2 Å². The molecule has 0 atom stereocenters. The monoisotopic (exact) mass is 445 g/mol. The first-order chi connectivity index (χ1) is 9.70. The van der Waals surface area contributed by atoms with E-state index in [0.29, 0.717) is 6.07 Å². The molecule has 2 aromatic carbocycles. The van der Waals surface area contributed by atoms with Gasteiger partial charge in [-0.1, -0.05) is 11.6 Å². The van der Waals surface area contributed by atoms with Crippen molar-refractivity contribution in [3.05, 3.63) is 50.6 Å². The van der Waals surface area contributed by atoms with E-state index in [0.717, 1.165) is 9.64 Å². The molecule has 0 unspecified atom stereocenters. The van der Waals surface area contributed by atoms with Crippen LogP contribution in [0.5, 0.6) is 0 Å². The van der Waals surface area contributed by atoms with Crippen LogP contribution in [0, 0.1) is 15.2 Å². The number of nitrogens with one attached hydrogen (secondary N) is 1. The molecule has 0 aliphatic heterocycles. The van der Waals surface area contributed by atoms with Crippen molar-refractivity contribution in [3.8, 4) is 0 Å². The van der Waals surface area contributed by atoms with Crippen LogP contribution in [-0.4, -0.2) is 13.0 Å². The molecule has 21 heavy (non-hydrogen) atoms. The van der Waals surface area contributed by atoms with Gasteiger partial charge in [0, 0.05) is 3.57 Å². The van der Waals surface area contributed by atoms with Crippen LogP contribution in [0.15, 0.2) is 35.2 Å². The summed E-state index contributed by atoms with van der Waals surface area (Å²) in [4.78, 5) is -0.781. The molecule has 112 valence electrons. The van der Waals surface area contributed by atoms with Gasteiger partial charge in [0.05, 0.1) is 16.4 Å². The lowest BCUT2D eigenvalue weighted by Crippen LogP contribution is -2.07. The van der Waals surface area contributed by atoms with Crippen molar-refractivity contribution in [3.63, 3.8) is 0 Å². The average Bonchev–Trinajstić information content (AvgIpc) is 2.36. The Labute approximate surface area is 138 Å². The highest BCUT2D eigenvalue weighted by Crippen LogP contribution is 2.33. The topological polar surface area (TPSA) is 66.4 Å². The summed E-state index contributed by atoms with van der Waals surface area (Å²) in [5.41, 5.74) is -0.535. The quantitative estimate of drug-likeness (QED) is 0.549. The molecule has 0 saturated carbocycles. The third kappa shape index (κ3) is 3.62. The first-order valence-corrected chi connectivity index (χ1v) is 8.27. The fourth-order valence-corrected chi connectivity index (χ4v) is 3.13. The Kier molecular flexibility index (Phi) is 4.71. The van der Waals surface area contributed by atoms with Gasteiger partial charge in [0.15, 0.2) is 11.6 Å². The normalized spacial score (nSPS) is 11.5. The molecule has 0 fully saturated rings. The predicted molar refractivity (Wildman–Crippen MR) is 83.6 cm³/mol. The van der Waals surface area contributed by atoms with Gasteiger partial charge in [-0.3, -0.25) is 4.55 Å². The van der Waals surface area contributed by atoms with Crippen LogP contribution < -0.4 is 5.32 Å². The van der Waals surface area contributed by atoms with E-state index in [1.54, 1.807) is 12.1 Å². The van der Waals surface area contributed by atoms with E-state index in [4.69, 9.17) is 16.2 Å². The van der Waals surface area contributed by atoms with E-state index in [2.05, 4.69) is 5.32 Å². The molecule has 0 aromatic heterocycles. The van der Waals surface area contributed by atoms with Gasteiger partial charge in [-0.2, -0.15) is 8.42 Å². The molecule has 0 heterocycles. The molecule has 4 nitrogen and oxygen atoms in total. The van der Waals surface area contributed by atoms with Crippen molar-refractivity contribution in [2.24, 2.45) is 0 Å². The molecule has 2 N–H and O–H groups in total. The van der Waals surface area contributed by atoms with Gasteiger partial charge in [-0.05, 0) is 52.9 Å². The third-order valence-corrected chi connectivity index (χ3v) is 4.41. The van der Waals surface area contributed by atoms with Gasteiger partial charge >= 0.3 is 0 Å². The Morgan fingerprint density at radius 3 is 2.43 bits per heavy atom. The smallest absolute Gasteiger partial charge is 0.296 e. The Morgan fingerprint density at radius 1 is 1.19 bits per heavy atom. The van der Waals surface area contributed by atoms with Crippen molar-refractivity contribution >= 4 is 55.7 Å². The number of halogens is 4. The zero-order valence-corrected chi connectivity index (χ0v) is 13.8. The summed E-state index contributed by atoms with van der Waals surface area (Å²) in [5, 5.41) is 2.58. The van der Waals surface area contributed by atoms with Crippen molar-refractivity contribution < 1.29 is 21.8 Å². The SMILES string of the molecule is O=S(=O)(O)c1ccc(F)c(F)c1Nc1ccc(I)cc1Cl. The molecule has 0 saturated heterocycles. The fraction of sp³-hybridized carbons (Fsp3) is 0. The Balaban J connectivity index is 2.60. The highest BCUT2D eigenvalue weighted by molar-refractivity contribution is 14.1. The van der Waals surface area contributed by atoms with E-state index in [1.165, 1.54) is 6.07 Å². The van der Waals surface area contributed by atoms with Crippen LogP contribution in [-0.2, 0) is 10.1 Å². The molecule has 2 rings (SSSR count). The molecule has 0 aliphatic carbocycles. The second-order valence-electron chi connectivity index (χ2n) is 3.96. The molecule has 9 heteroatoms. The summed E-state index contributed by atoms with van der Waals surface area (Å²) in [6.45, 7) is 0. The van der Waals surface area contributed by atoms with Gasteiger partial charge in [-0.25, -0.2) is 8.78 Å². The van der Waals surface area contributed by atoms with Gasteiger partial charge in [-0.15, -0.1) is 0 Å². The molecule has 0 aliphatic rings. The van der Waals surface area contributed by atoms with Crippen molar-refractivity contribution in [1.82, 2.24) is 0 Å². The molecular weight excluding hydrogens is 439 g/mol. The highest BCUT2D eigenvalue weighted by Gasteiger charge is 2.22. The number of benzene rings is 2. The summed E-state index contributed by atoms with van der Waals surface area (Å²) in [7, 11) is -4.73. The number of rotatable bonds is 3. The van der Waals surface area contributed by atoms with Gasteiger partial charge in [0.25, 0.3) is 10.1 Å². The summed E-state index contributed by atoms with van der Waals surface area (Å²) in [5.74, 6) is -2.69. The maximum absolute atomic E-state index is 13.8. The summed E-state index contributed by atoms with van der Waals surface area (Å²) < 4.78 is 59.5. The van der Waals surface area contributed by atoms with Crippen LogP contribution in [0.4, 0.5) is 20.2 Å². The van der Waals surface area contributed by atoms with Gasteiger partial charge in [0.1, 0.15) is 4.90 Å². The number of anilines is 2. The van der Waals surface area contributed by atoms with Crippen LogP contribution >= 0.6 is 34.2 Å². The maximum atomic E-state index is 13.8. The van der Waals surface area contributed by atoms with Crippen LogP contribution in [0.2, 0.25) is 5.02 Å². The van der Waals surface area contributed by atoms with Crippen molar-refractivity contribution in [2.75, 3.05) is 5.32 Å². The molecule has 0 spiro atoms. The molecule has 2 aromatic rings. The van der Waals surface area contributed by atoms with E-state index in [-0.39, 0.29) is 10.7 Å². The van der Waals surface area contributed by atoms with Crippen LogP contribution in [0.25, 0.3) is 0 Å². The lowest BCUT2D eigenvalue weighted by atomic mass is 10.2. The van der Waals surface area contributed by atoms with Crippen molar-refractivity contribution in [2.45, 2.75) is 4.90 Å². The standard InChI is InChI=1S/C12H7ClF2INO3S/c13-7-5-6(16)1-3-9(7)17-12-10(21(18,19)20)4-2-8(14)11(12)15/h1-5,17H,(H,18,19,20). The van der Waals surface area contributed by atoms with E-state index in [1.807, 2.05) is 22.6 Å². The zero-order chi connectivity index (χ0) is 15.8. The van der Waals surface area contributed by atoms with Gasteiger partial charge in [0.2, 0.25) is 0 Å². The largest absolute Gasteiger partial charge is 0.351 e. The second kappa shape index (κ2) is 6.03. The Morgan fingerprint density at radius 2 is 1.86 bits per heavy atom.